The Bertz CT molecular complexity index is 643. The van der Waals surface area contributed by atoms with Gasteiger partial charge in [-0.15, -0.1) is 0 Å². The number of hydrogen-bond donors (Lipinski definition) is 0. The second kappa shape index (κ2) is 7.52. The van der Waals surface area contributed by atoms with Gasteiger partial charge in [0.05, 0.1) is 23.7 Å². The molecule has 1 saturated carbocycles. The minimum atomic E-state index is -0.482. The zero-order valence-electron chi connectivity index (χ0n) is 16.4. The third-order valence-electron chi connectivity index (χ3n) is 6.07. The number of rotatable bonds is 3. The lowest BCUT2D eigenvalue weighted by Gasteiger charge is -2.38. The van der Waals surface area contributed by atoms with E-state index in [4.69, 9.17) is 21.1 Å². The number of hydrogen-bond acceptors (Lipinski definition) is 3. The standard InChI is InChI=1S/C22H31ClO3/c1-15-17(14-25-20(24)21(2,3)4)22(12-8-5-9-13-22)26-19(15)16-10-6-7-11-18(16)23/h6-7,10-11,15,17,19H,5,8-9,12-14H2,1-4H3/t15?,17?,19-/m0/s1. The minimum Gasteiger partial charge on any atom is -0.465 e. The van der Waals surface area contributed by atoms with Gasteiger partial charge < -0.3 is 9.47 Å². The Labute approximate surface area is 162 Å². The van der Waals surface area contributed by atoms with Crippen molar-refractivity contribution < 1.29 is 14.3 Å². The summed E-state index contributed by atoms with van der Waals surface area (Å²) in [4.78, 5) is 12.3. The second-order valence-corrected chi connectivity index (χ2v) is 9.41. The van der Waals surface area contributed by atoms with Gasteiger partial charge in [-0.1, -0.05) is 56.0 Å². The molecule has 0 bridgehead atoms. The predicted octanol–water partition coefficient (Wildman–Crippen LogP) is 5.96. The predicted molar refractivity (Wildman–Crippen MR) is 104 cm³/mol. The fourth-order valence-electron chi connectivity index (χ4n) is 4.51. The molecular weight excluding hydrogens is 348 g/mol. The largest absolute Gasteiger partial charge is 0.465 e. The lowest BCUT2D eigenvalue weighted by atomic mass is 9.72. The highest BCUT2D eigenvalue weighted by Gasteiger charge is 2.54. The number of benzene rings is 1. The highest BCUT2D eigenvalue weighted by atomic mass is 35.5. The summed E-state index contributed by atoms with van der Waals surface area (Å²) in [5, 5.41) is 0.752. The van der Waals surface area contributed by atoms with Crippen molar-refractivity contribution in [2.24, 2.45) is 17.3 Å². The Hall–Kier alpha value is -1.06. The average molecular weight is 379 g/mol. The summed E-state index contributed by atoms with van der Waals surface area (Å²) in [6, 6.07) is 7.94. The maximum absolute atomic E-state index is 12.3. The second-order valence-electron chi connectivity index (χ2n) is 9.00. The van der Waals surface area contributed by atoms with E-state index < -0.39 is 5.41 Å². The van der Waals surface area contributed by atoms with E-state index in [1.54, 1.807) is 0 Å². The summed E-state index contributed by atoms with van der Waals surface area (Å²) >= 11 is 6.47. The zero-order chi connectivity index (χ0) is 18.9. The van der Waals surface area contributed by atoms with Crippen LogP contribution in [0.25, 0.3) is 0 Å². The molecule has 1 aromatic rings. The van der Waals surface area contributed by atoms with Gasteiger partial charge >= 0.3 is 5.97 Å². The van der Waals surface area contributed by atoms with Crippen LogP contribution in [0.1, 0.15) is 71.5 Å². The Balaban J connectivity index is 1.85. The third-order valence-corrected chi connectivity index (χ3v) is 6.41. The first kappa shape index (κ1) is 19.7. The van der Waals surface area contributed by atoms with E-state index in [1.807, 2.05) is 39.0 Å². The number of ether oxygens (including phenoxy) is 2. The van der Waals surface area contributed by atoms with Gasteiger partial charge in [0.15, 0.2) is 0 Å². The van der Waals surface area contributed by atoms with Crippen LogP contribution in [0.3, 0.4) is 0 Å². The lowest BCUT2D eigenvalue weighted by molar-refractivity contribution is -0.158. The summed E-state index contributed by atoms with van der Waals surface area (Å²) in [6.45, 7) is 8.33. The van der Waals surface area contributed by atoms with Gasteiger partial charge in [-0.2, -0.15) is 0 Å². The van der Waals surface area contributed by atoms with Crippen LogP contribution in [0.5, 0.6) is 0 Å². The van der Waals surface area contributed by atoms with Crippen LogP contribution in [0.4, 0.5) is 0 Å². The van der Waals surface area contributed by atoms with Gasteiger partial charge in [0, 0.05) is 10.9 Å². The molecule has 0 amide bonds. The number of halogens is 1. The molecule has 0 N–H and O–H groups in total. The van der Waals surface area contributed by atoms with E-state index in [0.717, 1.165) is 23.4 Å². The average Bonchev–Trinajstić information content (AvgIpc) is 2.85. The van der Waals surface area contributed by atoms with Crippen molar-refractivity contribution >= 4 is 17.6 Å². The van der Waals surface area contributed by atoms with Crippen molar-refractivity contribution in [2.75, 3.05) is 6.61 Å². The molecule has 1 spiro atoms. The molecule has 1 aliphatic carbocycles. The monoisotopic (exact) mass is 378 g/mol. The number of carbonyl (C=O) groups excluding carboxylic acids is 1. The van der Waals surface area contributed by atoms with E-state index >= 15 is 0 Å². The highest BCUT2D eigenvalue weighted by Crippen LogP contribution is 2.54. The summed E-state index contributed by atoms with van der Waals surface area (Å²) in [7, 11) is 0. The first-order valence-electron chi connectivity index (χ1n) is 9.84. The number of carbonyl (C=O) groups is 1. The molecule has 4 heteroatoms. The molecule has 1 aliphatic heterocycles. The Morgan fingerprint density at radius 3 is 2.50 bits per heavy atom. The molecule has 3 nitrogen and oxygen atoms in total. The summed E-state index contributed by atoms with van der Waals surface area (Å²) < 4.78 is 12.5. The maximum atomic E-state index is 12.3. The van der Waals surface area contributed by atoms with Crippen molar-refractivity contribution in [3.8, 4) is 0 Å². The van der Waals surface area contributed by atoms with Crippen LogP contribution < -0.4 is 0 Å². The van der Waals surface area contributed by atoms with Crippen molar-refractivity contribution in [1.29, 1.82) is 0 Å². The normalized spacial score (nSPS) is 28.3. The molecule has 2 fully saturated rings. The molecule has 2 unspecified atom stereocenters. The van der Waals surface area contributed by atoms with Gasteiger partial charge in [0.2, 0.25) is 0 Å². The van der Waals surface area contributed by atoms with Crippen molar-refractivity contribution in [2.45, 2.75) is 71.5 Å². The maximum Gasteiger partial charge on any atom is 0.311 e. The first-order chi connectivity index (χ1) is 12.2. The highest BCUT2D eigenvalue weighted by molar-refractivity contribution is 6.31. The summed E-state index contributed by atoms with van der Waals surface area (Å²) in [5.74, 6) is 0.313. The fourth-order valence-corrected chi connectivity index (χ4v) is 4.76. The molecule has 0 radical (unpaired) electrons. The van der Waals surface area contributed by atoms with E-state index in [2.05, 4.69) is 13.0 Å². The van der Waals surface area contributed by atoms with Gasteiger partial charge in [-0.3, -0.25) is 4.79 Å². The van der Waals surface area contributed by atoms with Crippen LogP contribution in [0.2, 0.25) is 5.02 Å². The van der Waals surface area contributed by atoms with Gasteiger partial charge in [-0.05, 0) is 51.2 Å². The van der Waals surface area contributed by atoms with E-state index in [-0.39, 0.29) is 29.5 Å². The summed E-state index contributed by atoms with van der Waals surface area (Å²) in [5.41, 5.74) is 0.376. The quantitative estimate of drug-likeness (QED) is 0.609. The van der Waals surface area contributed by atoms with Gasteiger partial charge in [0.1, 0.15) is 0 Å². The van der Waals surface area contributed by atoms with E-state index in [1.165, 1.54) is 19.3 Å². The van der Waals surface area contributed by atoms with Crippen LogP contribution in [0.15, 0.2) is 24.3 Å². The Kier molecular flexibility index (Phi) is 5.69. The van der Waals surface area contributed by atoms with Gasteiger partial charge in [0.25, 0.3) is 0 Å². The molecule has 26 heavy (non-hydrogen) atoms. The molecule has 2 aliphatic rings. The number of esters is 1. The van der Waals surface area contributed by atoms with E-state index in [9.17, 15) is 4.79 Å². The smallest absolute Gasteiger partial charge is 0.311 e. The van der Waals surface area contributed by atoms with Crippen LogP contribution >= 0.6 is 11.6 Å². The molecule has 3 atom stereocenters. The molecule has 144 valence electrons. The molecular formula is C22H31ClO3. The van der Waals surface area contributed by atoms with Crippen LogP contribution in [0, 0.1) is 17.3 Å². The molecule has 0 aromatic heterocycles. The van der Waals surface area contributed by atoms with Crippen molar-refractivity contribution in [1.82, 2.24) is 0 Å². The third kappa shape index (κ3) is 3.80. The first-order valence-corrected chi connectivity index (χ1v) is 10.2. The van der Waals surface area contributed by atoms with Gasteiger partial charge in [-0.25, -0.2) is 0 Å². The summed E-state index contributed by atoms with van der Waals surface area (Å²) in [6.07, 6.45) is 5.63. The Morgan fingerprint density at radius 1 is 1.23 bits per heavy atom. The minimum absolute atomic E-state index is 0.0415. The Morgan fingerprint density at radius 2 is 1.88 bits per heavy atom. The zero-order valence-corrected chi connectivity index (χ0v) is 17.1. The molecule has 1 aromatic carbocycles. The molecule has 3 rings (SSSR count). The van der Waals surface area contributed by atoms with Crippen molar-refractivity contribution in [3.63, 3.8) is 0 Å². The lowest BCUT2D eigenvalue weighted by Crippen LogP contribution is -2.42. The van der Waals surface area contributed by atoms with Crippen LogP contribution in [-0.4, -0.2) is 18.2 Å². The molecule has 1 heterocycles. The SMILES string of the molecule is CC1C(COC(=O)C(C)(C)C)C2(CCCCC2)O[C@@H]1c1ccccc1Cl. The topological polar surface area (TPSA) is 35.5 Å². The van der Waals surface area contributed by atoms with Crippen molar-refractivity contribution in [3.05, 3.63) is 34.9 Å². The molecule has 1 saturated heterocycles. The van der Waals surface area contributed by atoms with E-state index in [0.29, 0.717) is 6.61 Å². The fraction of sp³-hybridized carbons (Fsp3) is 0.682. The van der Waals surface area contributed by atoms with Crippen LogP contribution in [-0.2, 0) is 14.3 Å².